The van der Waals surface area contributed by atoms with Crippen LogP contribution >= 0.6 is 0 Å². The molecule has 1 aliphatic rings. The van der Waals surface area contributed by atoms with Gasteiger partial charge in [-0.15, -0.1) is 0 Å². The van der Waals surface area contributed by atoms with E-state index in [4.69, 9.17) is 4.74 Å². The number of likely N-dealkylation sites (tertiary alicyclic amines) is 1. The molecule has 6 heteroatoms. The molecular weight excluding hydrogens is 284 g/mol. The molecule has 1 aliphatic heterocycles. The molecule has 6 nitrogen and oxygen atoms in total. The van der Waals surface area contributed by atoms with Crippen molar-refractivity contribution in [1.29, 1.82) is 0 Å². The number of nitrogens with one attached hydrogen (secondary N) is 1. The Labute approximate surface area is 133 Å². The highest BCUT2D eigenvalue weighted by atomic mass is 16.6. The first-order chi connectivity index (χ1) is 10.3. The third kappa shape index (κ3) is 7.64. The molecule has 1 saturated heterocycles. The number of carbonyl (C=O) groups is 2. The molecule has 0 aromatic heterocycles. The van der Waals surface area contributed by atoms with Crippen LogP contribution in [0.1, 0.15) is 52.9 Å². The van der Waals surface area contributed by atoms with Crippen LogP contribution in [0.2, 0.25) is 0 Å². The molecule has 0 aromatic carbocycles. The average molecular weight is 314 g/mol. The van der Waals surface area contributed by atoms with Gasteiger partial charge in [-0.25, -0.2) is 4.79 Å². The van der Waals surface area contributed by atoms with Gasteiger partial charge < -0.3 is 19.7 Å². The van der Waals surface area contributed by atoms with Crippen LogP contribution in [0.25, 0.3) is 0 Å². The van der Waals surface area contributed by atoms with E-state index >= 15 is 0 Å². The Kier molecular flexibility index (Phi) is 7.65. The molecule has 0 atom stereocenters. The van der Waals surface area contributed by atoms with E-state index in [0.717, 1.165) is 45.3 Å². The molecule has 1 heterocycles. The summed E-state index contributed by atoms with van der Waals surface area (Å²) in [6.07, 6.45) is 3.95. The summed E-state index contributed by atoms with van der Waals surface area (Å²) >= 11 is 0. The fourth-order valence-electron chi connectivity index (χ4n) is 2.40. The number of hydrogen-bond acceptors (Lipinski definition) is 5. The number of unbranched alkanes of at least 4 members (excludes halogenated alkanes) is 1. The van der Waals surface area contributed by atoms with E-state index in [0.29, 0.717) is 12.5 Å². The highest BCUT2D eigenvalue weighted by Crippen LogP contribution is 2.15. The SMILES string of the molecule is COC(=O)CCCCNC1CCN(C(=O)OC(C)(C)C)CC1. The quantitative estimate of drug-likeness (QED) is 0.602. The van der Waals surface area contributed by atoms with E-state index in [9.17, 15) is 9.59 Å². The number of hydrogen-bond donors (Lipinski definition) is 1. The van der Waals surface area contributed by atoms with Gasteiger partial charge >= 0.3 is 12.1 Å². The minimum absolute atomic E-state index is 0.148. The summed E-state index contributed by atoms with van der Waals surface area (Å²) in [5.74, 6) is -0.148. The fourth-order valence-corrected chi connectivity index (χ4v) is 2.40. The van der Waals surface area contributed by atoms with Gasteiger partial charge in [0.05, 0.1) is 7.11 Å². The number of amides is 1. The van der Waals surface area contributed by atoms with Crippen molar-refractivity contribution in [2.45, 2.75) is 64.5 Å². The molecule has 128 valence electrons. The molecule has 0 bridgehead atoms. The zero-order valence-electron chi connectivity index (χ0n) is 14.3. The van der Waals surface area contributed by atoms with Crippen molar-refractivity contribution in [3.63, 3.8) is 0 Å². The average Bonchev–Trinajstić information content (AvgIpc) is 2.45. The third-order valence-electron chi connectivity index (χ3n) is 3.62. The third-order valence-corrected chi connectivity index (χ3v) is 3.62. The van der Waals surface area contributed by atoms with Crippen LogP contribution in [0.3, 0.4) is 0 Å². The van der Waals surface area contributed by atoms with E-state index in [1.807, 2.05) is 20.8 Å². The Bertz CT molecular complexity index is 358. The molecule has 0 unspecified atom stereocenters. The highest BCUT2D eigenvalue weighted by molar-refractivity contribution is 5.69. The lowest BCUT2D eigenvalue weighted by Crippen LogP contribution is -2.46. The van der Waals surface area contributed by atoms with E-state index < -0.39 is 5.60 Å². The van der Waals surface area contributed by atoms with Crippen molar-refractivity contribution < 1.29 is 19.1 Å². The minimum Gasteiger partial charge on any atom is -0.469 e. The summed E-state index contributed by atoms with van der Waals surface area (Å²) in [6.45, 7) is 8.01. The standard InChI is InChI=1S/C16H30N2O4/c1-16(2,3)22-15(20)18-11-8-13(9-12-18)17-10-6-5-7-14(19)21-4/h13,17H,5-12H2,1-4H3. The van der Waals surface area contributed by atoms with Gasteiger partial charge in [0.1, 0.15) is 5.60 Å². The topological polar surface area (TPSA) is 67.9 Å². The maximum Gasteiger partial charge on any atom is 0.410 e. The van der Waals surface area contributed by atoms with Crippen LogP contribution < -0.4 is 5.32 Å². The van der Waals surface area contributed by atoms with Crippen LogP contribution in [0, 0.1) is 0 Å². The summed E-state index contributed by atoms with van der Waals surface area (Å²) in [6, 6.07) is 0.441. The van der Waals surface area contributed by atoms with Gasteiger partial charge in [0.25, 0.3) is 0 Å². The Morgan fingerprint density at radius 2 is 1.82 bits per heavy atom. The van der Waals surface area contributed by atoms with Crippen LogP contribution in [-0.4, -0.2) is 55.3 Å². The summed E-state index contributed by atoms with van der Waals surface area (Å²) in [7, 11) is 1.42. The van der Waals surface area contributed by atoms with Gasteiger partial charge in [-0.05, 0) is 53.0 Å². The highest BCUT2D eigenvalue weighted by Gasteiger charge is 2.26. The van der Waals surface area contributed by atoms with Gasteiger partial charge in [0.2, 0.25) is 0 Å². The first-order valence-electron chi connectivity index (χ1n) is 8.10. The number of nitrogens with zero attached hydrogens (tertiary/aromatic N) is 1. The van der Waals surface area contributed by atoms with E-state index in [2.05, 4.69) is 10.1 Å². The van der Waals surface area contributed by atoms with E-state index in [1.54, 1.807) is 4.90 Å². The molecular formula is C16H30N2O4. The number of rotatable bonds is 6. The molecule has 1 N–H and O–H groups in total. The maximum atomic E-state index is 12.0. The summed E-state index contributed by atoms with van der Waals surface area (Å²) in [5, 5.41) is 3.49. The predicted octanol–water partition coefficient (Wildman–Crippen LogP) is 2.32. The van der Waals surface area contributed by atoms with Crippen molar-refractivity contribution in [1.82, 2.24) is 10.2 Å². The summed E-state index contributed by atoms with van der Waals surface area (Å²) < 4.78 is 9.99. The summed E-state index contributed by atoms with van der Waals surface area (Å²) in [4.78, 5) is 24.7. The monoisotopic (exact) mass is 314 g/mol. The number of carbonyl (C=O) groups excluding carboxylic acids is 2. The van der Waals surface area contributed by atoms with Crippen molar-refractivity contribution in [3.05, 3.63) is 0 Å². The van der Waals surface area contributed by atoms with Crippen molar-refractivity contribution in [3.8, 4) is 0 Å². The molecule has 22 heavy (non-hydrogen) atoms. The molecule has 0 saturated carbocycles. The first kappa shape index (κ1) is 18.7. The zero-order valence-corrected chi connectivity index (χ0v) is 14.3. The fraction of sp³-hybridized carbons (Fsp3) is 0.875. The van der Waals surface area contributed by atoms with Gasteiger partial charge in [0.15, 0.2) is 0 Å². The lowest BCUT2D eigenvalue weighted by Gasteiger charge is -2.33. The first-order valence-corrected chi connectivity index (χ1v) is 8.10. The molecule has 1 rings (SSSR count). The van der Waals surface area contributed by atoms with E-state index in [-0.39, 0.29) is 12.1 Å². The number of ether oxygens (including phenoxy) is 2. The predicted molar refractivity (Wildman–Crippen MR) is 84.7 cm³/mol. The van der Waals surface area contributed by atoms with Gasteiger partial charge in [-0.2, -0.15) is 0 Å². The van der Waals surface area contributed by atoms with Crippen molar-refractivity contribution in [2.75, 3.05) is 26.7 Å². The van der Waals surface area contributed by atoms with Crippen LogP contribution in [0.5, 0.6) is 0 Å². The molecule has 0 spiro atoms. The second-order valence-electron chi connectivity index (χ2n) is 6.73. The molecule has 1 fully saturated rings. The minimum atomic E-state index is -0.439. The lowest BCUT2D eigenvalue weighted by atomic mass is 10.1. The number of esters is 1. The summed E-state index contributed by atoms with van der Waals surface area (Å²) in [5.41, 5.74) is -0.439. The van der Waals surface area contributed by atoms with Crippen molar-refractivity contribution >= 4 is 12.1 Å². The van der Waals surface area contributed by atoms with E-state index in [1.165, 1.54) is 7.11 Å². The molecule has 0 aromatic rings. The second-order valence-corrected chi connectivity index (χ2v) is 6.73. The van der Waals surface area contributed by atoms with Crippen LogP contribution in [0.15, 0.2) is 0 Å². The Hall–Kier alpha value is -1.30. The Morgan fingerprint density at radius 3 is 2.36 bits per heavy atom. The molecule has 0 aliphatic carbocycles. The van der Waals surface area contributed by atoms with Gasteiger partial charge in [-0.1, -0.05) is 0 Å². The Morgan fingerprint density at radius 1 is 1.18 bits per heavy atom. The van der Waals surface area contributed by atoms with Crippen LogP contribution in [0.4, 0.5) is 4.79 Å². The van der Waals surface area contributed by atoms with Gasteiger partial charge in [0, 0.05) is 25.6 Å². The number of piperidine rings is 1. The molecule has 0 radical (unpaired) electrons. The normalized spacial score (nSPS) is 16.5. The van der Waals surface area contributed by atoms with Crippen LogP contribution in [-0.2, 0) is 14.3 Å². The van der Waals surface area contributed by atoms with Crippen molar-refractivity contribution in [2.24, 2.45) is 0 Å². The zero-order chi connectivity index (χ0) is 16.6. The maximum absolute atomic E-state index is 12.0. The molecule has 1 amide bonds. The van der Waals surface area contributed by atoms with Gasteiger partial charge in [-0.3, -0.25) is 4.79 Å². The Balaban J connectivity index is 2.12. The smallest absolute Gasteiger partial charge is 0.410 e. The second kappa shape index (κ2) is 8.98. The number of methoxy groups -OCH3 is 1. The lowest BCUT2D eigenvalue weighted by molar-refractivity contribution is -0.140. The largest absolute Gasteiger partial charge is 0.469 e.